The molecule has 1 aromatic carbocycles. The SMILES string of the molecule is CCc1ccc(CCC2CCOC2)c(N)c1. The van der Waals surface area contributed by atoms with Crippen molar-refractivity contribution in [2.75, 3.05) is 18.9 Å². The molecule has 0 amide bonds. The van der Waals surface area contributed by atoms with Crippen LogP contribution in [0.2, 0.25) is 0 Å². The van der Waals surface area contributed by atoms with Gasteiger partial charge in [0.05, 0.1) is 0 Å². The molecular weight excluding hydrogens is 198 g/mol. The number of hydrogen-bond donors (Lipinski definition) is 1. The average molecular weight is 219 g/mol. The van der Waals surface area contributed by atoms with Gasteiger partial charge in [0.2, 0.25) is 0 Å². The van der Waals surface area contributed by atoms with E-state index in [9.17, 15) is 0 Å². The van der Waals surface area contributed by atoms with Crippen LogP contribution in [-0.4, -0.2) is 13.2 Å². The second kappa shape index (κ2) is 5.35. The number of aryl methyl sites for hydroxylation is 2. The Morgan fingerprint density at radius 2 is 2.31 bits per heavy atom. The van der Waals surface area contributed by atoms with Crippen LogP contribution in [0.1, 0.15) is 30.9 Å². The summed E-state index contributed by atoms with van der Waals surface area (Å²) in [6, 6.07) is 6.49. The molecule has 0 bridgehead atoms. The van der Waals surface area contributed by atoms with Gasteiger partial charge in [-0.05, 0) is 48.8 Å². The molecular formula is C14H21NO. The molecule has 16 heavy (non-hydrogen) atoms. The van der Waals surface area contributed by atoms with E-state index in [1.54, 1.807) is 0 Å². The third-order valence-electron chi connectivity index (χ3n) is 3.46. The Bertz CT molecular complexity index is 343. The molecule has 0 saturated carbocycles. The Morgan fingerprint density at radius 3 is 2.94 bits per heavy atom. The highest BCUT2D eigenvalue weighted by Crippen LogP contribution is 2.22. The van der Waals surface area contributed by atoms with Gasteiger partial charge in [0.1, 0.15) is 0 Å². The predicted molar refractivity (Wildman–Crippen MR) is 67.5 cm³/mol. The van der Waals surface area contributed by atoms with Gasteiger partial charge in [-0.15, -0.1) is 0 Å². The minimum atomic E-state index is 0.741. The molecule has 1 aliphatic rings. The molecule has 0 aliphatic carbocycles. The lowest BCUT2D eigenvalue weighted by atomic mass is 9.97. The molecule has 0 aromatic heterocycles. The zero-order valence-corrected chi connectivity index (χ0v) is 10.0. The molecule has 2 nitrogen and oxygen atoms in total. The van der Waals surface area contributed by atoms with E-state index in [1.807, 2.05) is 0 Å². The van der Waals surface area contributed by atoms with Crippen LogP contribution >= 0.6 is 0 Å². The van der Waals surface area contributed by atoms with Crippen LogP contribution in [0.25, 0.3) is 0 Å². The Hall–Kier alpha value is -1.02. The van der Waals surface area contributed by atoms with Crippen LogP contribution in [0.4, 0.5) is 5.69 Å². The van der Waals surface area contributed by atoms with Crippen LogP contribution < -0.4 is 5.73 Å². The first-order valence-electron chi connectivity index (χ1n) is 6.24. The number of benzene rings is 1. The maximum atomic E-state index is 6.05. The second-order valence-electron chi connectivity index (χ2n) is 4.66. The monoisotopic (exact) mass is 219 g/mol. The summed E-state index contributed by atoms with van der Waals surface area (Å²) in [5, 5.41) is 0. The maximum absolute atomic E-state index is 6.05. The lowest BCUT2D eigenvalue weighted by molar-refractivity contribution is 0.184. The van der Waals surface area contributed by atoms with Gasteiger partial charge in [-0.3, -0.25) is 0 Å². The Morgan fingerprint density at radius 1 is 1.44 bits per heavy atom. The largest absolute Gasteiger partial charge is 0.398 e. The van der Waals surface area contributed by atoms with Crippen LogP contribution in [0.3, 0.4) is 0 Å². The van der Waals surface area contributed by atoms with E-state index in [2.05, 4.69) is 25.1 Å². The van der Waals surface area contributed by atoms with E-state index in [4.69, 9.17) is 10.5 Å². The summed E-state index contributed by atoms with van der Waals surface area (Å²) in [5.74, 6) is 0.741. The number of ether oxygens (including phenoxy) is 1. The van der Waals surface area contributed by atoms with Crippen LogP contribution in [0, 0.1) is 5.92 Å². The molecule has 1 fully saturated rings. The fourth-order valence-electron chi connectivity index (χ4n) is 2.26. The van der Waals surface area contributed by atoms with E-state index in [-0.39, 0.29) is 0 Å². The minimum Gasteiger partial charge on any atom is -0.398 e. The van der Waals surface area contributed by atoms with Gasteiger partial charge in [0.25, 0.3) is 0 Å². The van der Waals surface area contributed by atoms with Gasteiger partial charge in [-0.2, -0.15) is 0 Å². The molecule has 0 radical (unpaired) electrons. The van der Waals surface area contributed by atoms with Crippen molar-refractivity contribution in [3.05, 3.63) is 29.3 Å². The first-order chi connectivity index (χ1) is 7.79. The van der Waals surface area contributed by atoms with Crippen LogP contribution in [0.15, 0.2) is 18.2 Å². The molecule has 1 aliphatic heterocycles. The molecule has 1 heterocycles. The third-order valence-corrected chi connectivity index (χ3v) is 3.46. The van der Waals surface area contributed by atoms with E-state index in [0.29, 0.717) is 0 Å². The maximum Gasteiger partial charge on any atom is 0.0495 e. The van der Waals surface area contributed by atoms with Gasteiger partial charge >= 0.3 is 0 Å². The molecule has 1 aromatic rings. The molecule has 0 spiro atoms. The number of nitrogen functional groups attached to an aromatic ring is 1. The summed E-state index contributed by atoms with van der Waals surface area (Å²) in [6.45, 7) is 4.03. The van der Waals surface area contributed by atoms with Gasteiger partial charge in [-0.1, -0.05) is 19.1 Å². The summed E-state index contributed by atoms with van der Waals surface area (Å²) in [5.41, 5.74) is 9.63. The predicted octanol–water partition coefficient (Wildman–Crippen LogP) is 2.80. The van der Waals surface area contributed by atoms with Crippen LogP contribution in [-0.2, 0) is 17.6 Å². The molecule has 1 atom stereocenters. The van der Waals surface area contributed by atoms with E-state index >= 15 is 0 Å². The molecule has 2 heteroatoms. The molecule has 1 unspecified atom stereocenters. The van der Waals surface area contributed by atoms with Crippen molar-refractivity contribution >= 4 is 5.69 Å². The zero-order valence-electron chi connectivity index (χ0n) is 10.0. The molecule has 2 rings (SSSR count). The van der Waals surface area contributed by atoms with E-state index < -0.39 is 0 Å². The Kier molecular flexibility index (Phi) is 3.83. The Balaban J connectivity index is 1.93. The topological polar surface area (TPSA) is 35.2 Å². The first-order valence-corrected chi connectivity index (χ1v) is 6.24. The number of anilines is 1. The summed E-state index contributed by atoms with van der Waals surface area (Å²) >= 11 is 0. The second-order valence-corrected chi connectivity index (χ2v) is 4.66. The third kappa shape index (κ3) is 2.76. The van der Waals surface area contributed by atoms with Crippen molar-refractivity contribution in [1.82, 2.24) is 0 Å². The lowest BCUT2D eigenvalue weighted by Gasteiger charge is -2.10. The average Bonchev–Trinajstić information content (AvgIpc) is 2.80. The van der Waals surface area contributed by atoms with Gasteiger partial charge in [0, 0.05) is 18.9 Å². The number of rotatable bonds is 4. The fraction of sp³-hybridized carbons (Fsp3) is 0.571. The normalized spacial score (nSPS) is 20.2. The van der Waals surface area contributed by atoms with Crippen molar-refractivity contribution in [2.24, 2.45) is 5.92 Å². The number of hydrogen-bond acceptors (Lipinski definition) is 2. The minimum absolute atomic E-state index is 0.741. The van der Waals surface area contributed by atoms with E-state index in [0.717, 1.165) is 37.7 Å². The van der Waals surface area contributed by atoms with Gasteiger partial charge in [-0.25, -0.2) is 0 Å². The fourth-order valence-corrected chi connectivity index (χ4v) is 2.26. The highest BCUT2D eigenvalue weighted by atomic mass is 16.5. The molecule has 88 valence electrons. The highest BCUT2D eigenvalue weighted by Gasteiger charge is 2.15. The summed E-state index contributed by atoms with van der Waals surface area (Å²) in [7, 11) is 0. The quantitative estimate of drug-likeness (QED) is 0.790. The van der Waals surface area contributed by atoms with Crippen molar-refractivity contribution in [3.63, 3.8) is 0 Å². The molecule has 1 saturated heterocycles. The summed E-state index contributed by atoms with van der Waals surface area (Å²) in [6.07, 6.45) is 4.56. The standard InChI is InChI=1S/C14H21NO/c1-2-11-3-5-13(14(15)9-11)6-4-12-7-8-16-10-12/h3,5,9,12H,2,4,6-8,10,15H2,1H3. The number of nitrogens with two attached hydrogens (primary N) is 1. The summed E-state index contributed by atoms with van der Waals surface area (Å²) in [4.78, 5) is 0. The highest BCUT2D eigenvalue weighted by molar-refractivity contribution is 5.49. The molecule has 2 N–H and O–H groups in total. The first kappa shape index (κ1) is 11.5. The van der Waals surface area contributed by atoms with E-state index in [1.165, 1.54) is 24.0 Å². The van der Waals surface area contributed by atoms with Gasteiger partial charge < -0.3 is 10.5 Å². The zero-order chi connectivity index (χ0) is 11.4. The van der Waals surface area contributed by atoms with Gasteiger partial charge in [0.15, 0.2) is 0 Å². The smallest absolute Gasteiger partial charge is 0.0495 e. The van der Waals surface area contributed by atoms with Crippen molar-refractivity contribution in [1.29, 1.82) is 0 Å². The lowest BCUT2D eigenvalue weighted by Crippen LogP contribution is -2.03. The van der Waals surface area contributed by atoms with Crippen molar-refractivity contribution in [3.8, 4) is 0 Å². The van der Waals surface area contributed by atoms with Crippen molar-refractivity contribution in [2.45, 2.75) is 32.6 Å². The van der Waals surface area contributed by atoms with Crippen molar-refractivity contribution < 1.29 is 4.74 Å². The Labute approximate surface area is 97.8 Å². The summed E-state index contributed by atoms with van der Waals surface area (Å²) < 4.78 is 5.38. The van der Waals surface area contributed by atoms with Crippen LogP contribution in [0.5, 0.6) is 0 Å².